The minimum Gasteiger partial charge on any atom is -0.482 e. The van der Waals surface area contributed by atoms with Gasteiger partial charge in [0.25, 0.3) is 0 Å². The van der Waals surface area contributed by atoms with Crippen molar-refractivity contribution in [2.45, 2.75) is 19.8 Å². The fourth-order valence-corrected chi connectivity index (χ4v) is 3.61. The SMILES string of the molecule is Cc1ccc(C2C(C#N)=C(N)Oc3cc(OC(=O)COc4cccc(C)c4)ccc32)cc1. The highest BCUT2D eigenvalue weighted by Crippen LogP contribution is 2.43. The van der Waals surface area contributed by atoms with Gasteiger partial charge >= 0.3 is 5.97 Å². The second kappa shape index (κ2) is 8.86. The van der Waals surface area contributed by atoms with E-state index < -0.39 is 5.97 Å². The van der Waals surface area contributed by atoms with Crippen LogP contribution in [0.1, 0.15) is 28.2 Å². The van der Waals surface area contributed by atoms with Gasteiger partial charge < -0.3 is 19.9 Å². The summed E-state index contributed by atoms with van der Waals surface area (Å²) in [4.78, 5) is 12.3. The quantitative estimate of drug-likeness (QED) is 0.477. The lowest BCUT2D eigenvalue weighted by atomic mass is 9.83. The molecule has 3 aromatic carbocycles. The van der Waals surface area contributed by atoms with E-state index in [2.05, 4.69) is 6.07 Å². The predicted octanol–water partition coefficient (Wildman–Crippen LogP) is 4.51. The molecular formula is C26H22N2O4. The highest BCUT2D eigenvalue weighted by Gasteiger charge is 2.31. The summed E-state index contributed by atoms with van der Waals surface area (Å²) in [6.07, 6.45) is 0. The molecule has 0 saturated carbocycles. The molecule has 0 aromatic heterocycles. The van der Waals surface area contributed by atoms with Crippen LogP contribution in [0.3, 0.4) is 0 Å². The Hall–Kier alpha value is -4.24. The molecule has 0 bridgehead atoms. The van der Waals surface area contributed by atoms with Crippen LogP contribution in [-0.4, -0.2) is 12.6 Å². The first-order valence-electron chi connectivity index (χ1n) is 10.1. The van der Waals surface area contributed by atoms with E-state index in [0.29, 0.717) is 22.8 Å². The fourth-order valence-electron chi connectivity index (χ4n) is 3.61. The predicted molar refractivity (Wildman–Crippen MR) is 119 cm³/mol. The van der Waals surface area contributed by atoms with Crippen LogP contribution in [0, 0.1) is 25.2 Å². The number of carbonyl (C=O) groups excluding carboxylic acids is 1. The van der Waals surface area contributed by atoms with Crippen molar-refractivity contribution in [2.24, 2.45) is 5.73 Å². The highest BCUT2D eigenvalue weighted by molar-refractivity contribution is 5.74. The Morgan fingerprint density at radius 2 is 1.81 bits per heavy atom. The van der Waals surface area contributed by atoms with Gasteiger partial charge in [-0.3, -0.25) is 0 Å². The lowest BCUT2D eigenvalue weighted by Gasteiger charge is -2.26. The minimum atomic E-state index is -0.543. The zero-order valence-corrected chi connectivity index (χ0v) is 17.8. The molecule has 1 unspecified atom stereocenters. The van der Waals surface area contributed by atoms with E-state index in [1.807, 2.05) is 56.3 Å². The van der Waals surface area contributed by atoms with Gasteiger partial charge in [0.1, 0.15) is 28.9 Å². The minimum absolute atomic E-state index is 0.0387. The maximum absolute atomic E-state index is 12.3. The lowest BCUT2D eigenvalue weighted by molar-refractivity contribution is -0.136. The highest BCUT2D eigenvalue weighted by atomic mass is 16.6. The topological polar surface area (TPSA) is 94.6 Å². The number of aryl methyl sites for hydroxylation is 2. The van der Waals surface area contributed by atoms with Crippen molar-refractivity contribution >= 4 is 5.97 Å². The van der Waals surface area contributed by atoms with Gasteiger partial charge in [-0.25, -0.2) is 4.79 Å². The van der Waals surface area contributed by atoms with Gasteiger partial charge in [0.15, 0.2) is 6.61 Å². The van der Waals surface area contributed by atoms with Crippen LogP contribution in [0.2, 0.25) is 0 Å². The molecule has 0 spiro atoms. The average molecular weight is 426 g/mol. The molecule has 1 atom stereocenters. The van der Waals surface area contributed by atoms with Gasteiger partial charge in [-0.05, 0) is 43.2 Å². The maximum Gasteiger partial charge on any atom is 0.349 e. The van der Waals surface area contributed by atoms with E-state index in [0.717, 1.165) is 22.3 Å². The van der Waals surface area contributed by atoms with E-state index in [1.165, 1.54) is 0 Å². The molecule has 6 nitrogen and oxygen atoms in total. The van der Waals surface area contributed by atoms with Crippen molar-refractivity contribution in [3.63, 3.8) is 0 Å². The van der Waals surface area contributed by atoms with Crippen LogP contribution in [-0.2, 0) is 4.79 Å². The van der Waals surface area contributed by atoms with Gasteiger partial charge in [-0.2, -0.15) is 5.26 Å². The first-order valence-corrected chi connectivity index (χ1v) is 10.1. The van der Waals surface area contributed by atoms with Crippen molar-refractivity contribution < 1.29 is 19.0 Å². The van der Waals surface area contributed by atoms with Gasteiger partial charge in [-0.1, -0.05) is 48.0 Å². The molecule has 1 aliphatic heterocycles. The Bertz CT molecular complexity index is 1240. The number of carbonyl (C=O) groups is 1. The molecule has 0 radical (unpaired) electrons. The summed E-state index contributed by atoms with van der Waals surface area (Å²) < 4.78 is 16.6. The number of rotatable bonds is 5. The Kier molecular flexibility index (Phi) is 5.82. The summed E-state index contributed by atoms with van der Waals surface area (Å²) in [6.45, 7) is 3.72. The third-order valence-electron chi connectivity index (χ3n) is 5.18. The van der Waals surface area contributed by atoms with Crippen LogP contribution in [0.15, 0.2) is 78.2 Å². The smallest absolute Gasteiger partial charge is 0.349 e. The number of fused-ring (bicyclic) bond motifs is 1. The van der Waals surface area contributed by atoms with Gasteiger partial charge in [0.05, 0.1) is 5.92 Å². The molecular weight excluding hydrogens is 404 g/mol. The number of hydrogen-bond acceptors (Lipinski definition) is 6. The van der Waals surface area contributed by atoms with Crippen molar-refractivity contribution in [3.8, 4) is 23.3 Å². The molecule has 0 aliphatic carbocycles. The molecule has 0 fully saturated rings. The largest absolute Gasteiger partial charge is 0.482 e. The number of ether oxygens (including phenoxy) is 3. The molecule has 4 rings (SSSR count). The number of nitrogens with two attached hydrogens (primary N) is 1. The second-order valence-corrected chi connectivity index (χ2v) is 7.61. The van der Waals surface area contributed by atoms with E-state index in [1.54, 1.807) is 24.3 Å². The third kappa shape index (κ3) is 4.42. The van der Waals surface area contributed by atoms with E-state index in [9.17, 15) is 10.1 Å². The number of esters is 1. The number of hydrogen-bond donors (Lipinski definition) is 1. The first kappa shape index (κ1) is 21.0. The molecule has 3 aromatic rings. The van der Waals surface area contributed by atoms with Gasteiger partial charge in [-0.15, -0.1) is 0 Å². The molecule has 0 saturated heterocycles. The van der Waals surface area contributed by atoms with Crippen LogP contribution in [0.4, 0.5) is 0 Å². The molecule has 32 heavy (non-hydrogen) atoms. The maximum atomic E-state index is 12.3. The van der Waals surface area contributed by atoms with Crippen LogP contribution in [0.5, 0.6) is 17.2 Å². The van der Waals surface area contributed by atoms with Crippen molar-refractivity contribution in [3.05, 3.63) is 100 Å². The number of benzene rings is 3. The van der Waals surface area contributed by atoms with Crippen LogP contribution >= 0.6 is 0 Å². The zero-order chi connectivity index (χ0) is 22.7. The summed E-state index contributed by atoms with van der Waals surface area (Å²) in [5.74, 6) is 0.474. The van der Waals surface area contributed by atoms with Crippen LogP contribution < -0.4 is 19.9 Å². The van der Waals surface area contributed by atoms with Crippen molar-refractivity contribution in [1.82, 2.24) is 0 Å². The molecule has 6 heteroatoms. The Balaban J connectivity index is 1.54. The Morgan fingerprint density at radius 3 is 2.53 bits per heavy atom. The summed E-state index contributed by atoms with van der Waals surface area (Å²) >= 11 is 0. The molecule has 0 amide bonds. The number of nitrogens with zero attached hydrogens (tertiary/aromatic N) is 1. The van der Waals surface area contributed by atoms with Crippen LogP contribution in [0.25, 0.3) is 0 Å². The summed E-state index contributed by atoms with van der Waals surface area (Å²) in [5, 5.41) is 9.67. The first-order chi connectivity index (χ1) is 15.4. The third-order valence-corrected chi connectivity index (χ3v) is 5.18. The molecule has 160 valence electrons. The Labute approximate surface area is 186 Å². The Morgan fingerprint density at radius 1 is 1.03 bits per heavy atom. The summed E-state index contributed by atoms with van der Waals surface area (Å²) in [5.41, 5.74) is 10.2. The summed E-state index contributed by atoms with van der Waals surface area (Å²) in [6, 6.07) is 22.6. The van der Waals surface area contributed by atoms with Crippen molar-refractivity contribution in [2.75, 3.05) is 6.61 Å². The second-order valence-electron chi connectivity index (χ2n) is 7.61. The average Bonchev–Trinajstić information content (AvgIpc) is 2.77. The molecule has 2 N–H and O–H groups in total. The summed E-state index contributed by atoms with van der Waals surface area (Å²) in [7, 11) is 0. The van der Waals surface area contributed by atoms with Gasteiger partial charge in [0, 0.05) is 11.6 Å². The monoisotopic (exact) mass is 426 g/mol. The molecule has 1 aliphatic rings. The lowest BCUT2D eigenvalue weighted by Crippen LogP contribution is -2.21. The van der Waals surface area contributed by atoms with E-state index in [-0.39, 0.29) is 18.4 Å². The number of allylic oxidation sites excluding steroid dienone is 1. The standard InChI is InChI=1S/C26H22N2O4/c1-16-6-8-18(9-7-16)25-21-11-10-20(13-23(21)32-26(28)22(25)14-27)31-24(29)15-30-19-5-3-4-17(2)12-19/h3-13,25H,15,28H2,1-2H3. The molecule has 1 heterocycles. The van der Waals surface area contributed by atoms with Crippen molar-refractivity contribution in [1.29, 1.82) is 5.26 Å². The number of nitriles is 1. The van der Waals surface area contributed by atoms with E-state index in [4.69, 9.17) is 19.9 Å². The van der Waals surface area contributed by atoms with E-state index >= 15 is 0 Å². The van der Waals surface area contributed by atoms with Gasteiger partial charge in [0.2, 0.25) is 5.88 Å². The fraction of sp³-hybridized carbons (Fsp3) is 0.154. The normalized spacial score (nSPS) is 14.7. The zero-order valence-electron chi connectivity index (χ0n) is 17.8.